The third-order valence-electron chi connectivity index (χ3n) is 2.29. The summed E-state index contributed by atoms with van der Waals surface area (Å²) in [4.78, 5) is 12.5. The van der Waals surface area contributed by atoms with Gasteiger partial charge in [0.1, 0.15) is 0 Å². The molecule has 1 fully saturated rings. The minimum Gasteiger partial charge on any atom is -0.480 e. The van der Waals surface area contributed by atoms with Gasteiger partial charge in [0, 0.05) is 23.6 Å². The van der Waals surface area contributed by atoms with Crippen LogP contribution in [-0.2, 0) is 4.79 Å². The van der Waals surface area contributed by atoms with Crippen molar-refractivity contribution < 1.29 is 9.90 Å². The summed E-state index contributed by atoms with van der Waals surface area (Å²) in [6.07, 6.45) is 1.07. The first-order chi connectivity index (χ1) is 5.99. The molecule has 1 aliphatic rings. The number of carboxylic acids is 1. The number of carboxylic acid groups (broad SMARTS) is 1. The topological polar surface area (TPSA) is 40.5 Å². The highest BCUT2D eigenvalue weighted by Crippen LogP contribution is 2.30. The van der Waals surface area contributed by atoms with Gasteiger partial charge in [-0.15, -0.1) is 0 Å². The molecular weight excluding hydrogens is 186 g/mol. The molecule has 1 heterocycles. The molecular formula is C9H17NO2S. The standard InChI is InChI=1S/C9H17NO2S/c1-9(2)3-4-10(5-6-13-9)7-8(11)12/h3-7H2,1-2H3,(H,11,12). The predicted molar refractivity (Wildman–Crippen MR) is 55.2 cm³/mol. The number of thioether (sulfide) groups is 1. The van der Waals surface area contributed by atoms with Crippen molar-refractivity contribution in [3.05, 3.63) is 0 Å². The maximum absolute atomic E-state index is 10.5. The van der Waals surface area contributed by atoms with Gasteiger partial charge < -0.3 is 5.11 Å². The second-order valence-electron chi connectivity index (χ2n) is 4.03. The number of nitrogens with zero attached hydrogens (tertiary/aromatic N) is 1. The van der Waals surface area contributed by atoms with Gasteiger partial charge in [0.2, 0.25) is 0 Å². The Kier molecular flexibility index (Phi) is 3.62. The van der Waals surface area contributed by atoms with Crippen molar-refractivity contribution in [3.8, 4) is 0 Å². The molecule has 1 aliphatic heterocycles. The number of hydrogen-bond donors (Lipinski definition) is 1. The summed E-state index contributed by atoms with van der Waals surface area (Å²) in [5, 5.41) is 8.64. The average molecular weight is 203 g/mol. The summed E-state index contributed by atoms with van der Waals surface area (Å²) in [7, 11) is 0. The first-order valence-corrected chi connectivity index (χ1v) is 5.56. The lowest BCUT2D eigenvalue weighted by molar-refractivity contribution is -0.138. The zero-order valence-electron chi connectivity index (χ0n) is 8.25. The van der Waals surface area contributed by atoms with Crippen LogP contribution in [0.25, 0.3) is 0 Å². The fourth-order valence-electron chi connectivity index (χ4n) is 1.41. The highest BCUT2D eigenvalue weighted by Gasteiger charge is 2.24. The van der Waals surface area contributed by atoms with E-state index in [9.17, 15) is 4.79 Å². The molecule has 3 nitrogen and oxygen atoms in total. The molecule has 13 heavy (non-hydrogen) atoms. The van der Waals surface area contributed by atoms with Crippen LogP contribution in [0.1, 0.15) is 20.3 Å². The fourth-order valence-corrected chi connectivity index (χ4v) is 2.55. The molecule has 0 spiro atoms. The Bertz CT molecular complexity index is 194. The van der Waals surface area contributed by atoms with E-state index in [1.165, 1.54) is 0 Å². The van der Waals surface area contributed by atoms with Crippen LogP contribution in [0.15, 0.2) is 0 Å². The average Bonchev–Trinajstić information content (AvgIpc) is 2.12. The van der Waals surface area contributed by atoms with Gasteiger partial charge in [-0.05, 0) is 6.42 Å². The summed E-state index contributed by atoms with van der Waals surface area (Å²) < 4.78 is 0.313. The highest BCUT2D eigenvalue weighted by molar-refractivity contribution is 8.00. The Balaban J connectivity index is 2.40. The Morgan fingerprint density at radius 1 is 1.54 bits per heavy atom. The van der Waals surface area contributed by atoms with Crippen molar-refractivity contribution in [2.24, 2.45) is 0 Å². The number of rotatable bonds is 2. The zero-order valence-corrected chi connectivity index (χ0v) is 9.06. The Labute approximate surface area is 83.5 Å². The van der Waals surface area contributed by atoms with Gasteiger partial charge in [-0.25, -0.2) is 0 Å². The minimum atomic E-state index is -0.718. The van der Waals surface area contributed by atoms with Crippen molar-refractivity contribution in [3.63, 3.8) is 0 Å². The van der Waals surface area contributed by atoms with E-state index < -0.39 is 5.97 Å². The molecule has 0 atom stereocenters. The first kappa shape index (κ1) is 10.9. The van der Waals surface area contributed by atoms with Crippen LogP contribution < -0.4 is 0 Å². The van der Waals surface area contributed by atoms with Gasteiger partial charge in [-0.3, -0.25) is 9.69 Å². The van der Waals surface area contributed by atoms with E-state index >= 15 is 0 Å². The predicted octanol–water partition coefficient (Wildman–Crippen LogP) is 1.29. The maximum atomic E-state index is 10.5. The SMILES string of the molecule is CC1(C)CCN(CC(=O)O)CCS1. The summed E-state index contributed by atoms with van der Waals surface area (Å²) in [5.41, 5.74) is 0. The third-order valence-corrected chi connectivity index (χ3v) is 3.66. The van der Waals surface area contributed by atoms with E-state index in [-0.39, 0.29) is 6.54 Å². The Morgan fingerprint density at radius 2 is 2.23 bits per heavy atom. The molecule has 0 amide bonds. The van der Waals surface area contributed by atoms with Crippen LogP contribution in [0, 0.1) is 0 Å². The summed E-state index contributed by atoms with van der Waals surface area (Å²) in [6, 6.07) is 0. The first-order valence-electron chi connectivity index (χ1n) is 4.58. The molecule has 76 valence electrons. The molecule has 1 N–H and O–H groups in total. The summed E-state index contributed by atoms with van der Waals surface area (Å²) in [5.74, 6) is 0.324. The van der Waals surface area contributed by atoms with Crippen LogP contribution in [0.5, 0.6) is 0 Å². The van der Waals surface area contributed by atoms with Crippen LogP contribution in [0.2, 0.25) is 0 Å². The van der Waals surface area contributed by atoms with Crippen molar-refractivity contribution in [1.82, 2.24) is 4.90 Å². The van der Waals surface area contributed by atoms with Crippen LogP contribution in [-0.4, -0.2) is 46.1 Å². The van der Waals surface area contributed by atoms with Gasteiger partial charge in [0.25, 0.3) is 0 Å². The van der Waals surface area contributed by atoms with Crippen molar-refractivity contribution in [1.29, 1.82) is 0 Å². The molecule has 0 unspecified atom stereocenters. The van der Waals surface area contributed by atoms with Crippen LogP contribution in [0.3, 0.4) is 0 Å². The van der Waals surface area contributed by atoms with Crippen molar-refractivity contribution >= 4 is 17.7 Å². The lowest BCUT2D eigenvalue weighted by atomic mass is 10.1. The van der Waals surface area contributed by atoms with Gasteiger partial charge in [0.05, 0.1) is 6.54 Å². The maximum Gasteiger partial charge on any atom is 0.317 e. The number of aliphatic carboxylic acids is 1. The molecule has 0 aromatic rings. The lowest BCUT2D eigenvalue weighted by Crippen LogP contribution is -2.32. The minimum absolute atomic E-state index is 0.191. The molecule has 0 bridgehead atoms. The van der Waals surface area contributed by atoms with Gasteiger partial charge in [0.15, 0.2) is 0 Å². The smallest absolute Gasteiger partial charge is 0.317 e. The lowest BCUT2D eigenvalue weighted by Gasteiger charge is -2.21. The molecule has 4 heteroatoms. The summed E-state index contributed by atoms with van der Waals surface area (Å²) >= 11 is 1.94. The largest absolute Gasteiger partial charge is 0.480 e. The molecule has 0 aromatic carbocycles. The molecule has 1 saturated heterocycles. The Hall–Kier alpha value is -0.220. The molecule has 1 rings (SSSR count). The molecule has 0 radical (unpaired) electrons. The second kappa shape index (κ2) is 4.33. The number of hydrogen-bond acceptors (Lipinski definition) is 3. The van der Waals surface area contributed by atoms with E-state index in [1.807, 2.05) is 16.7 Å². The van der Waals surface area contributed by atoms with E-state index in [2.05, 4.69) is 13.8 Å². The quantitative estimate of drug-likeness (QED) is 0.734. The zero-order chi connectivity index (χ0) is 9.90. The highest BCUT2D eigenvalue weighted by atomic mass is 32.2. The Morgan fingerprint density at radius 3 is 2.85 bits per heavy atom. The van der Waals surface area contributed by atoms with E-state index in [0.29, 0.717) is 4.75 Å². The van der Waals surface area contributed by atoms with E-state index in [1.54, 1.807) is 0 Å². The van der Waals surface area contributed by atoms with Gasteiger partial charge in [-0.1, -0.05) is 13.8 Å². The van der Waals surface area contributed by atoms with Gasteiger partial charge in [-0.2, -0.15) is 11.8 Å². The molecule has 0 saturated carbocycles. The number of carbonyl (C=O) groups is 1. The molecule has 0 aromatic heterocycles. The summed E-state index contributed by atoms with van der Waals surface area (Å²) in [6.45, 7) is 6.45. The van der Waals surface area contributed by atoms with E-state index in [0.717, 1.165) is 25.3 Å². The van der Waals surface area contributed by atoms with Crippen LogP contribution >= 0.6 is 11.8 Å². The van der Waals surface area contributed by atoms with E-state index in [4.69, 9.17) is 5.11 Å². The van der Waals surface area contributed by atoms with Crippen molar-refractivity contribution in [2.45, 2.75) is 25.0 Å². The van der Waals surface area contributed by atoms with Gasteiger partial charge >= 0.3 is 5.97 Å². The van der Waals surface area contributed by atoms with Crippen molar-refractivity contribution in [2.75, 3.05) is 25.4 Å². The second-order valence-corrected chi connectivity index (χ2v) is 5.83. The third kappa shape index (κ3) is 4.00. The fraction of sp³-hybridized carbons (Fsp3) is 0.889. The monoisotopic (exact) mass is 203 g/mol. The van der Waals surface area contributed by atoms with Crippen LogP contribution in [0.4, 0.5) is 0 Å². The molecule has 0 aliphatic carbocycles. The normalized spacial score (nSPS) is 23.8.